The molecule has 0 saturated heterocycles. The van der Waals surface area contributed by atoms with Gasteiger partial charge in [0.2, 0.25) is 0 Å². The number of hydrogen-bond acceptors (Lipinski definition) is 0. The van der Waals surface area contributed by atoms with Crippen LogP contribution in [0.4, 0.5) is 0 Å². The largest absolute Gasteiger partial charge is 0.310 e. The van der Waals surface area contributed by atoms with Gasteiger partial charge in [0.1, 0.15) is 0 Å². The summed E-state index contributed by atoms with van der Waals surface area (Å²) >= 11 is 0. The van der Waals surface area contributed by atoms with Crippen molar-refractivity contribution in [1.82, 2.24) is 9.13 Å². The number of rotatable bonds is 4. The van der Waals surface area contributed by atoms with Gasteiger partial charge in [-0.25, -0.2) is 0 Å². The first-order valence-electron chi connectivity index (χ1n) is 19.6. The zero-order chi connectivity index (χ0) is 36.7. The molecule has 0 aliphatic heterocycles. The second-order valence-electron chi connectivity index (χ2n) is 15.2. The first-order chi connectivity index (χ1) is 27.8. The predicted octanol–water partition coefficient (Wildman–Crippen LogP) is 14.3. The van der Waals surface area contributed by atoms with Crippen LogP contribution in [0.2, 0.25) is 0 Å². The Morgan fingerprint density at radius 2 is 0.893 bits per heavy atom. The summed E-state index contributed by atoms with van der Waals surface area (Å²) in [5, 5.41) is 11.5. The molecule has 0 saturated carbocycles. The van der Waals surface area contributed by atoms with E-state index in [1.807, 2.05) is 0 Å². The van der Waals surface area contributed by atoms with Gasteiger partial charge in [0.05, 0.1) is 22.2 Å². The van der Waals surface area contributed by atoms with Gasteiger partial charge in [0, 0.05) is 27.5 Å². The van der Waals surface area contributed by atoms with Gasteiger partial charge in [-0.3, -0.25) is 0 Å². The molecule has 1 aliphatic carbocycles. The second kappa shape index (κ2) is 12.2. The van der Waals surface area contributed by atoms with Crippen molar-refractivity contribution >= 4 is 76.7 Å². The molecular weight excluding hydrogens is 677 g/mol. The van der Waals surface area contributed by atoms with Gasteiger partial charge >= 0.3 is 0 Å². The zero-order valence-electron chi connectivity index (χ0n) is 30.8. The van der Waals surface area contributed by atoms with Crippen LogP contribution in [0.3, 0.4) is 0 Å². The molecule has 56 heavy (non-hydrogen) atoms. The number of aromatic nitrogens is 2. The number of para-hydroxylation sites is 2. The third-order valence-corrected chi connectivity index (χ3v) is 12.2. The Hall–Kier alpha value is -7.16. The molecule has 2 heteroatoms. The number of benzene rings is 9. The van der Waals surface area contributed by atoms with E-state index < -0.39 is 0 Å². The molecule has 0 atom stereocenters. The molecule has 9 aromatic carbocycles. The van der Waals surface area contributed by atoms with Crippen molar-refractivity contribution < 1.29 is 0 Å². The second-order valence-corrected chi connectivity index (χ2v) is 15.2. The van der Waals surface area contributed by atoms with Gasteiger partial charge in [-0.2, -0.15) is 0 Å². The van der Waals surface area contributed by atoms with Crippen LogP contribution in [0, 0.1) is 0 Å². The summed E-state index contributed by atoms with van der Waals surface area (Å²) in [7, 11) is 0. The van der Waals surface area contributed by atoms with Crippen molar-refractivity contribution in [2.75, 3.05) is 0 Å². The van der Waals surface area contributed by atoms with E-state index in [4.69, 9.17) is 0 Å². The molecule has 2 aromatic heterocycles. The molecule has 0 bridgehead atoms. The van der Waals surface area contributed by atoms with Gasteiger partial charge < -0.3 is 9.13 Å². The average Bonchev–Trinajstić information content (AvgIpc) is 3.78. The molecule has 262 valence electrons. The van der Waals surface area contributed by atoms with Crippen LogP contribution in [-0.4, -0.2) is 9.13 Å². The molecule has 1 aliphatic rings. The van der Waals surface area contributed by atoms with Crippen molar-refractivity contribution in [3.8, 4) is 22.5 Å². The van der Waals surface area contributed by atoms with Crippen LogP contribution in [0.15, 0.2) is 188 Å². The van der Waals surface area contributed by atoms with Gasteiger partial charge in [-0.15, -0.1) is 0 Å². The van der Waals surface area contributed by atoms with Gasteiger partial charge in [0.25, 0.3) is 0 Å². The molecule has 11 aromatic rings. The lowest BCUT2D eigenvalue weighted by molar-refractivity contribution is 0.982. The average molecular weight is 713 g/mol. The van der Waals surface area contributed by atoms with E-state index in [9.17, 15) is 0 Å². The van der Waals surface area contributed by atoms with Crippen molar-refractivity contribution in [3.63, 3.8) is 0 Å². The monoisotopic (exact) mass is 712 g/mol. The highest BCUT2D eigenvalue weighted by molar-refractivity contribution is 6.11. The van der Waals surface area contributed by atoms with Gasteiger partial charge in [0.15, 0.2) is 0 Å². The molecule has 0 fully saturated rings. The number of aryl methyl sites for hydroxylation is 1. The third kappa shape index (κ3) is 4.69. The highest BCUT2D eigenvalue weighted by Gasteiger charge is 2.23. The molecule has 2 nitrogen and oxygen atoms in total. The summed E-state index contributed by atoms with van der Waals surface area (Å²) in [6.45, 7) is 0. The fourth-order valence-electron chi connectivity index (χ4n) is 9.63. The molecule has 0 amide bonds. The maximum atomic E-state index is 2.49. The lowest BCUT2D eigenvalue weighted by atomic mass is 9.88. The molecule has 0 N–H and O–H groups in total. The van der Waals surface area contributed by atoms with Crippen molar-refractivity contribution in [3.05, 3.63) is 205 Å². The Bertz CT molecular complexity index is 3420. The smallest absolute Gasteiger partial charge is 0.0547 e. The standard InChI is InChI=1S/C54H36N2/c1-3-15-43-35(11-1)13-9-19-45(43)39-25-29-49-47-17-5-7-21-51(47)55(53(49)33-39)41-27-23-38-32-42(28-24-37(38)31-41)56-52-22-8-6-18-48(52)50-30-26-40(34-54(50)56)46-20-10-14-36-12-2-4-16-44(36)46/h1-25,27-29,31-34H,26,30H2. The van der Waals surface area contributed by atoms with E-state index in [-0.39, 0.29) is 0 Å². The summed E-state index contributed by atoms with van der Waals surface area (Å²) in [5.41, 5.74) is 14.0. The van der Waals surface area contributed by atoms with Gasteiger partial charge in [-0.1, -0.05) is 146 Å². The highest BCUT2D eigenvalue weighted by atomic mass is 15.0. The minimum absolute atomic E-state index is 1.02. The molecule has 2 heterocycles. The first-order valence-corrected chi connectivity index (χ1v) is 19.6. The van der Waals surface area contributed by atoms with Gasteiger partial charge in [-0.05, 0) is 122 Å². The molecule has 0 spiro atoms. The number of fused-ring (bicyclic) bond motifs is 9. The Morgan fingerprint density at radius 1 is 0.339 bits per heavy atom. The lowest BCUT2D eigenvalue weighted by Gasteiger charge is -2.19. The Kier molecular flexibility index (Phi) is 6.79. The number of hydrogen-bond donors (Lipinski definition) is 0. The van der Waals surface area contributed by atoms with E-state index in [2.05, 4.69) is 203 Å². The minimum Gasteiger partial charge on any atom is -0.310 e. The SMILES string of the molecule is C1=C(c2cccc3ccccc23)CCc2c1n(-c1ccc3cc(-n4c5ccccc5c5ccc(-c6cccc7ccccc67)cc54)ccc3c1)c1ccccc21. The fourth-order valence-corrected chi connectivity index (χ4v) is 9.63. The van der Waals surface area contributed by atoms with Crippen molar-refractivity contribution in [2.24, 2.45) is 0 Å². The predicted molar refractivity (Wildman–Crippen MR) is 238 cm³/mol. The van der Waals surface area contributed by atoms with Crippen LogP contribution in [0.25, 0.3) is 99.2 Å². The maximum absolute atomic E-state index is 2.49. The fraction of sp³-hybridized carbons (Fsp3) is 0.0370. The van der Waals surface area contributed by atoms with Crippen LogP contribution in [0.1, 0.15) is 23.2 Å². The Balaban J connectivity index is 1.01. The summed E-state index contributed by atoms with van der Waals surface area (Å²) in [6, 6.07) is 69.4. The van der Waals surface area contributed by atoms with Crippen LogP contribution < -0.4 is 0 Å². The topological polar surface area (TPSA) is 9.86 Å². The quantitative estimate of drug-likeness (QED) is 0.172. The lowest BCUT2D eigenvalue weighted by Crippen LogP contribution is -2.03. The first kappa shape index (κ1) is 31.2. The van der Waals surface area contributed by atoms with E-state index in [1.165, 1.54) is 104 Å². The van der Waals surface area contributed by atoms with E-state index in [1.54, 1.807) is 0 Å². The van der Waals surface area contributed by atoms with Crippen LogP contribution in [0.5, 0.6) is 0 Å². The number of allylic oxidation sites excluding steroid dienone is 1. The van der Waals surface area contributed by atoms with Crippen molar-refractivity contribution in [2.45, 2.75) is 12.8 Å². The molecule has 0 unspecified atom stereocenters. The zero-order valence-corrected chi connectivity index (χ0v) is 30.8. The van der Waals surface area contributed by atoms with Crippen molar-refractivity contribution in [1.29, 1.82) is 0 Å². The minimum atomic E-state index is 1.02. The van der Waals surface area contributed by atoms with E-state index >= 15 is 0 Å². The normalized spacial score (nSPS) is 13.0. The summed E-state index contributed by atoms with van der Waals surface area (Å²) in [5.74, 6) is 0. The number of nitrogens with zero attached hydrogens (tertiary/aromatic N) is 2. The van der Waals surface area contributed by atoms with E-state index in [0.717, 1.165) is 18.5 Å². The summed E-state index contributed by atoms with van der Waals surface area (Å²) < 4.78 is 4.94. The Labute approximate surface area is 324 Å². The maximum Gasteiger partial charge on any atom is 0.0547 e. The summed E-state index contributed by atoms with van der Waals surface area (Å²) in [4.78, 5) is 0. The summed E-state index contributed by atoms with van der Waals surface area (Å²) in [6.07, 6.45) is 4.51. The highest BCUT2D eigenvalue weighted by Crippen LogP contribution is 2.41. The van der Waals surface area contributed by atoms with E-state index in [0.29, 0.717) is 0 Å². The Morgan fingerprint density at radius 3 is 1.62 bits per heavy atom. The molecule has 12 rings (SSSR count). The van der Waals surface area contributed by atoms with Crippen LogP contribution in [-0.2, 0) is 6.42 Å². The third-order valence-electron chi connectivity index (χ3n) is 12.2. The van der Waals surface area contributed by atoms with Crippen LogP contribution >= 0.6 is 0 Å². The molecule has 0 radical (unpaired) electrons. The molecular formula is C54H36N2.